The van der Waals surface area contributed by atoms with Crippen LogP contribution in [0.1, 0.15) is 18.4 Å². The fraction of sp³-hybridized carbons (Fsp3) is 0.389. The molecule has 1 aromatic rings. The quantitative estimate of drug-likeness (QED) is 0.740. The van der Waals surface area contributed by atoms with Crippen molar-refractivity contribution in [3.05, 3.63) is 41.4 Å². The monoisotopic (exact) mass is 370 g/mol. The summed E-state index contributed by atoms with van der Waals surface area (Å²) >= 11 is 0. The van der Waals surface area contributed by atoms with Crippen LogP contribution >= 0.6 is 0 Å². The van der Waals surface area contributed by atoms with Crippen molar-refractivity contribution in [2.24, 2.45) is 4.99 Å². The SMILES string of the molecule is O=C(O)C1=NC2=C(C(=O)N3CCCN(Cc4cccnc4)C3C2)C(O)C1=O. The first-order valence-electron chi connectivity index (χ1n) is 8.68. The molecule has 0 aliphatic carbocycles. The summed E-state index contributed by atoms with van der Waals surface area (Å²) < 4.78 is 0. The molecule has 27 heavy (non-hydrogen) atoms. The number of carbonyl (C=O) groups is 3. The molecule has 9 nitrogen and oxygen atoms in total. The minimum atomic E-state index is -1.77. The molecule has 9 heteroatoms. The van der Waals surface area contributed by atoms with Gasteiger partial charge in [-0.25, -0.2) is 9.79 Å². The Balaban J connectivity index is 1.68. The fourth-order valence-electron chi connectivity index (χ4n) is 3.87. The molecule has 4 rings (SSSR count). The Kier molecular flexibility index (Phi) is 4.33. The van der Waals surface area contributed by atoms with Gasteiger partial charge in [0.15, 0.2) is 11.8 Å². The number of aliphatic hydroxyl groups is 1. The van der Waals surface area contributed by atoms with Crippen LogP contribution in [0.15, 0.2) is 40.8 Å². The van der Waals surface area contributed by atoms with Crippen LogP contribution in [0.4, 0.5) is 0 Å². The molecule has 1 fully saturated rings. The molecule has 2 atom stereocenters. The Labute approximate surface area is 154 Å². The number of pyridine rings is 1. The highest BCUT2D eigenvalue weighted by Crippen LogP contribution is 2.34. The van der Waals surface area contributed by atoms with Crippen molar-refractivity contribution in [2.75, 3.05) is 13.1 Å². The summed E-state index contributed by atoms with van der Waals surface area (Å²) in [7, 11) is 0. The van der Waals surface area contributed by atoms with Crippen molar-refractivity contribution in [3.63, 3.8) is 0 Å². The molecule has 1 aromatic heterocycles. The predicted octanol–water partition coefficient (Wildman–Crippen LogP) is -0.431. The lowest BCUT2D eigenvalue weighted by Crippen LogP contribution is -2.60. The number of rotatable bonds is 3. The highest BCUT2D eigenvalue weighted by molar-refractivity contribution is 6.66. The Morgan fingerprint density at radius 2 is 2.11 bits per heavy atom. The number of hydrogen-bond acceptors (Lipinski definition) is 7. The molecule has 2 unspecified atom stereocenters. The van der Waals surface area contributed by atoms with E-state index in [0.717, 1.165) is 18.5 Å². The Bertz CT molecular complexity index is 879. The van der Waals surface area contributed by atoms with E-state index in [2.05, 4.69) is 14.9 Å². The third kappa shape index (κ3) is 2.94. The number of aliphatic imine (C=N–C) groups is 1. The first-order chi connectivity index (χ1) is 13.0. The minimum Gasteiger partial charge on any atom is -0.476 e. The van der Waals surface area contributed by atoms with E-state index in [1.54, 1.807) is 17.3 Å². The number of carbonyl (C=O) groups excluding carboxylic acids is 2. The van der Waals surface area contributed by atoms with Gasteiger partial charge >= 0.3 is 5.97 Å². The second-order valence-corrected chi connectivity index (χ2v) is 6.76. The molecular weight excluding hydrogens is 352 g/mol. The van der Waals surface area contributed by atoms with E-state index in [4.69, 9.17) is 5.11 Å². The number of ketones is 1. The van der Waals surface area contributed by atoms with Gasteiger partial charge in [-0.2, -0.15) is 0 Å². The minimum absolute atomic E-state index is 0.0931. The number of fused-ring (bicyclic) bond motifs is 1. The zero-order valence-corrected chi connectivity index (χ0v) is 14.4. The number of aliphatic carboxylic acids is 1. The molecule has 4 heterocycles. The predicted molar refractivity (Wildman–Crippen MR) is 92.5 cm³/mol. The van der Waals surface area contributed by atoms with E-state index in [0.29, 0.717) is 13.1 Å². The van der Waals surface area contributed by atoms with Crippen LogP contribution < -0.4 is 0 Å². The third-order valence-electron chi connectivity index (χ3n) is 5.12. The maximum Gasteiger partial charge on any atom is 0.358 e. The number of Topliss-reactive ketones (excluding diaryl/α,β-unsaturated/α-hetero) is 1. The summed E-state index contributed by atoms with van der Waals surface area (Å²) in [6.45, 7) is 1.87. The van der Waals surface area contributed by atoms with Crippen LogP contribution in [-0.4, -0.2) is 73.7 Å². The third-order valence-corrected chi connectivity index (χ3v) is 5.12. The van der Waals surface area contributed by atoms with E-state index in [-0.39, 0.29) is 23.9 Å². The highest BCUT2D eigenvalue weighted by Gasteiger charge is 2.46. The van der Waals surface area contributed by atoms with Gasteiger partial charge in [-0.05, 0) is 18.1 Å². The van der Waals surface area contributed by atoms with E-state index in [1.165, 1.54) is 0 Å². The Morgan fingerprint density at radius 3 is 2.81 bits per heavy atom. The summed E-state index contributed by atoms with van der Waals surface area (Å²) in [6, 6.07) is 3.79. The fourth-order valence-corrected chi connectivity index (χ4v) is 3.87. The number of aromatic nitrogens is 1. The largest absolute Gasteiger partial charge is 0.476 e. The molecule has 0 bridgehead atoms. The summed E-state index contributed by atoms with van der Waals surface area (Å²) in [5.74, 6) is -3.00. The van der Waals surface area contributed by atoms with Gasteiger partial charge in [0.1, 0.15) is 0 Å². The van der Waals surface area contributed by atoms with Gasteiger partial charge in [0.05, 0.1) is 17.4 Å². The van der Waals surface area contributed by atoms with Crippen LogP contribution in [0, 0.1) is 0 Å². The molecular formula is C18H18N4O5. The lowest BCUT2D eigenvalue weighted by molar-refractivity contribution is -0.142. The topological polar surface area (TPSA) is 123 Å². The van der Waals surface area contributed by atoms with Crippen LogP contribution in [0.3, 0.4) is 0 Å². The van der Waals surface area contributed by atoms with Crippen molar-refractivity contribution < 1.29 is 24.6 Å². The summed E-state index contributed by atoms with van der Waals surface area (Å²) in [6.07, 6.45) is 2.41. The van der Waals surface area contributed by atoms with E-state index >= 15 is 0 Å². The number of nitrogens with zero attached hydrogens (tertiary/aromatic N) is 4. The van der Waals surface area contributed by atoms with Crippen molar-refractivity contribution in [1.29, 1.82) is 0 Å². The van der Waals surface area contributed by atoms with Crippen molar-refractivity contribution >= 4 is 23.4 Å². The molecule has 3 aliphatic heterocycles. The van der Waals surface area contributed by atoms with Gasteiger partial charge in [0, 0.05) is 38.4 Å². The zero-order chi connectivity index (χ0) is 19.1. The van der Waals surface area contributed by atoms with E-state index in [1.807, 2.05) is 12.1 Å². The highest BCUT2D eigenvalue weighted by atomic mass is 16.4. The standard InChI is InChI=1S/C18H18N4O5/c23-15-13-11(20-14(16(15)24)18(26)27)7-12-21(5-2-6-22(12)17(13)25)9-10-3-1-4-19-8-10/h1,3-4,8,12,15,23H,2,5-7,9H2,(H,26,27). The lowest BCUT2D eigenvalue weighted by Gasteiger charge is -2.47. The second-order valence-electron chi connectivity index (χ2n) is 6.76. The summed E-state index contributed by atoms with van der Waals surface area (Å²) in [4.78, 5) is 48.0. The molecule has 0 aromatic carbocycles. The van der Waals surface area contributed by atoms with Crippen LogP contribution in [0.5, 0.6) is 0 Å². The van der Waals surface area contributed by atoms with Gasteiger partial charge < -0.3 is 15.1 Å². The average Bonchev–Trinajstić information content (AvgIpc) is 2.66. The first kappa shape index (κ1) is 17.5. The van der Waals surface area contributed by atoms with Crippen molar-refractivity contribution in [3.8, 4) is 0 Å². The second kappa shape index (κ2) is 6.67. The van der Waals surface area contributed by atoms with Crippen LogP contribution in [-0.2, 0) is 20.9 Å². The normalized spacial score (nSPS) is 25.8. The molecule has 0 radical (unpaired) electrons. The number of hydrogen-bond donors (Lipinski definition) is 2. The lowest BCUT2D eigenvalue weighted by atomic mass is 9.90. The van der Waals surface area contributed by atoms with Gasteiger partial charge in [-0.15, -0.1) is 0 Å². The maximum absolute atomic E-state index is 12.9. The number of carboxylic acid groups (broad SMARTS) is 1. The first-order valence-corrected chi connectivity index (χ1v) is 8.68. The van der Waals surface area contributed by atoms with Crippen LogP contribution in [0.25, 0.3) is 0 Å². The Hall–Kier alpha value is -2.91. The van der Waals surface area contributed by atoms with Gasteiger partial charge in [-0.3, -0.25) is 19.5 Å². The van der Waals surface area contributed by atoms with E-state index in [9.17, 15) is 19.5 Å². The Morgan fingerprint density at radius 1 is 1.30 bits per heavy atom. The average molecular weight is 370 g/mol. The van der Waals surface area contributed by atoms with Crippen molar-refractivity contribution in [2.45, 2.75) is 31.7 Å². The molecule has 1 saturated heterocycles. The van der Waals surface area contributed by atoms with Gasteiger partial charge in [-0.1, -0.05) is 6.07 Å². The van der Waals surface area contributed by atoms with E-state index < -0.39 is 29.5 Å². The number of aliphatic hydroxyl groups excluding tert-OH is 1. The molecule has 140 valence electrons. The molecule has 0 saturated carbocycles. The van der Waals surface area contributed by atoms with Crippen LogP contribution in [0.2, 0.25) is 0 Å². The number of carboxylic acids is 1. The van der Waals surface area contributed by atoms with Crippen molar-refractivity contribution in [1.82, 2.24) is 14.8 Å². The smallest absolute Gasteiger partial charge is 0.358 e. The maximum atomic E-state index is 12.9. The molecule has 0 spiro atoms. The zero-order valence-electron chi connectivity index (χ0n) is 14.4. The summed E-state index contributed by atoms with van der Waals surface area (Å²) in [5, 5.41) is 19.4. The summed E-state index contributed by atoms with van der Waals surface area (Å²) in [5.41, 5.74) is 0.366. The molecule has 3 aliphatic rings. The molecule has 1 amide bonds. The van der Waals surface area contributed by atoms with Gasteiger partial charge in [0.2, 0.25) is 5.78 Å². The van der Waals surface area contributed by atoms with Gasteiger partial charge in [0.25, 0.3) is 5.91 Å². The number of amides is 1. The molecule has 2 N–H and O–H groups in total.